The van der Waals surface area contributed by atoms with Crippen LogP contribution in [0.2, 0.25) is 0 Å². The van der Waals surface area contributed by atoms with Gasteiger partial charge in [0.1, 0.15) is 6.29 Å². The zero-order valence-corrected chi connectivity index (χ0v) is 10.6. The summed E-state index contributed by atoms with van der Waals surface area (Å²) in [5.41, 5.74) is 0.270. The molecule has 0 fully saturated rings. The third-order valence-corrected chi connectivity index (χ3v) is 2.95. The SMILES string of the molecule is CCC(CC)COc1cc(C=O)ccc1[N+](=O)[O-]. The highest BCUT2D eigenvalue weighted by molar-refractivity contribution is 5.76. The molecule has 18 heavy (non-hydrogen) atoms. The van der Waals surface area contributed by atoms with Crippen molar-refractivity contribution in [1.29, 1.82) is 0 Å². The molecule has 0 aliphatic carbocycles. The van der Waals surface area contributed by atoms with Crippen molar-refractivity contribution in [2.45, 2.75) is 26.7 Å². The second kappa shape index (κ2) is 6.74. The summed E-state index contributed by atoms with van der Waals surface area (Å²) in [6.45, 7) is 4.53. The molecular weight excluding hydrogens is 234 g/mol. The summed E-state index contributed by atoms with van der Waals surface area (Å²) in [5.74, 6) is 0.529. The van der Waals surface area contributed by atoms with Gasteiger partial charge in [0.25, 0.3) is 0 Å². The first kappa shape index (κ1) is 14.2. The van der Waals surface area contributed by atoms with E-state index in [0.717, 1.165) is 12.8 Å². The van der Waals surface area contributed by atoms with Crippen LogP contribution in [0.3, 0.4) is 0 Å². The minimum absolute atomic E-state index is 0.105. The molecule has 0 saturated heterocycles. The molecule has 1 rings (SSSR count). The molecule has 0 radical (unpaired) electrons. The number of nitrogens with zero attached hydrogens (tertiary/aromatic N) is 1. The van der Waals surface area contributed by atoms with Crippen LogP contribution < -0.4 is 4.74 Å². The number of nitro groups is 1. The number of nitro benzene ring substituents is 1. The third kappa shape index (κ3) is 3.55. The molecule has 0 atom stereocenters. The van der Waals surface area contributed by atoms with E-state index in [9.17, 15) is 14.9 Å². The van der Waals surface area contributed by atoms with Crippen LogP contribution in [-0.4, -0.2) is 17.8 Å². The van der Waals surface area contributed by atoms with E-state index in [4.69, 9.17) is 4.74 Å². The van der Waals surface area contributed by atoms with Gasteiger partial charge in [-0.05, 0) is 18.1 Å². The van der Waals surface area contributed by atoms with Gasteiger partial charge in [0.05, 0.1) is 11.5 Å². The normalized spacial score (nSPS) is 10.4. The highest BCUT2D eigenvalue weighted by Gasteiger charge is 2.16. The first-order valence-electron chi connectivity index (χ1n) is 5.98. The Bertz CT molecular complexity index is 427. The lowest BCUT2D eigenvalue weighted by Gasteiger charge is -2.13. The highest BCUT2D eigenvalue weighted by Crippen LogP contribution is 2.28. The summed E-state index contributed by atoms with van der Waals surface area (Å²) < 4.78 is 5.48. The van der Waals surface area contributed by atoms with Crippen LogP contribution in [0.25, 0.3) is 0 Å². The molecule has 0 spiro atoms. The van der Waals surface area contributed by atoms with Crippen molar-refractivity contribution in [1.82, 2.24) is 0 Å². The second-order valence-corrected chi connectivity index (χ2v) is 4.10. The summed E-state index contributed by atoms with van der Waals surface area (Å²) in [7, 11) is 0. The first-order chi connectivity index (χ1) is 8.62. The van der Waals surface area contributed by atoms with Gasteiger partial charge in [-0.3, -0.25) is 14.9 Å². The number of carbonyl (C=O) groups excluding carboxylic acids is 1. The fraction of sp³-hybridized carbons (Fsp3) is 0.462. The minimum atomic E-state index is -0.503. The molecular formula is C13H17NO4. The Morgan fingerprint density at radius 1 is 1.39 bits per heavy atom. The zero-order valence-electron chi connectivity index (χ0n) is 10.6. The molecule has 1 aromatic rings. The third-order valence-electron chi connectivity index (χ3n) is 2.95. The summed E-state index contributed by atoms with van der Waals surface area (Å²) in [5, 5.41) is 10.8. The predicted octanol–water partition coefficient (Wildman–Crippen LogP) is 3.22. The van der Waals surface area contributed by atoms with E-state index in [-0.39, 0.29) is 11.4 Å². The Hall–Kier alpha value is -1.91. The lowest BCUT2D eigenvalue weighted by Crippen LogP contribution is -2.11. The molecule has 0 bridgehead atoms. The van der Waals surface area contributed by atoms with Crippen molar-refractivity contribution in [3.8, 4) is 5.75 Å². The lowest BCUT2D eigenvalue weighted by atomic mass is 10.1. The van der Waals surface area contributed by atoms with Gasteiger partial charge in [0.2, 0.25) is 0 Å². The van der Waals surface area contributed by atoms with Crippen LogP contribution in [0.5, 0.6) is 5.75 Å². The predicted molar refractivity (Wildman–Crippen MR) is 68.1 cm³/mol. The largest absolute Gasteiger partial charge is 0.487 e. The number of benzene rings is 1. The van der Waals surface area contributed by atoms with E-state index in [2.05, 4.69) is 0 Å². The summed E-state index contributed by atoms with van der Waals surface area (Å²) in [6, 6.07) is 4.12. The Balaban J connectivity index is 2.90. The van der Waals surface area contributed by atoms with Crippen molar-refractivity contribution < 1.29 is 14.5 Å². The van der Waals surface area contributed by atoms with E-state index < -0.39 is 4.92 Å². The van der Waals surface area contributed by atoms with E-state index in [1.807, 2.05) is 13.8 Å². The Morgan fingerprint density at radius 3 is 2.56 bits per heavy atom. The fourth-order valence-electron chi connectivity index (χ4n) is 1.60. The molecule has 0 unspecified atom stereocenters. The molecule has 5 heteroatoms. The average molecular weight is 251 g/mol. The maximum absolute atomic E-state index is 10.8. The number of ether oxygens (including phenoxy) is 1. The van der Waals surface area contributed by atoms with Crippen LogP contribution in [0.15, 0.2) is 18.2 Å². The molecule has 98 valence electrons. The van der Waals surface area contributed by atoms with Gasteiger partial charge in [0, 0.05) is 11.6 Å². The van der Waals surface area contributed by atoms with E-state index in [0.29, 0.717) is 24.4 Å². The monoisotopic (exact) mass is 251 g/mol. The van der Waals surface area contributed by atoms with Crippen molar-refractivity contribution in [3.63, 3.8) is 0 Å². The van der Waals surface area contributed by atoms with Crippen LogP contribution >= 0.6 is 0 Å². The maximum Gasteiger partial charge on any atom is 0.310 e. The molecule has 0 aliphatic heterocycles. The number of hydrogen-bond acceptors (Lipinski definition) is 4. The van der Waals surface area contributed by atoms with Gasteiger partial charge in [-0.25, -0.2) is 0 Å². The fourth-order valence-corrected chi connectivity index (χ4v) is 1.60. The van der Waals surface area contributed by atoms with Gasteiger partial charge < -0.3 is 4.74 Å². The standard InChI is InChI=1S/C13H17NO4/c1-3-10(4-2)9-18-13-7-11(8-15)5-6-12(13)14(16)17/h5-8,10H,3-4,9H2,1-2H3. The van der Waals surface area contributed by atoms with E-state index in [1.165, 1.54) is 18.2 Å². The summed E-state index contributed by atoms with van der Waals surface area (Å²) >= 11 is 0. The molecule has 0 aliphatic rings. The molecule has 5 nitrogen and oxygen atoms in total. The number of hydrogen-bond donors (Lipinski definition) is 0. The molecule has 0 saturated carbocycles. The quantitative estimate of drug-likeness (QED) is 0.424. The number of aldehydes is 1. The molecule has 0 N–H and O–H groups in total. The van der Waals surface area contributed by atoms with Crippen molar-refractivity contribution in [2.75, 3.05) is 6.61 Å². The van der Waals surface area contributed by atoms with Crippen LogP contribution in [0.1, 0.15) is 37.0 Å². The lowest BCUT2D eigenvalue weighted by molar-refractivity contribution is -0.385. The molecule has 0 amide bonds. The Labute approximate surface area is 106 Å². The van der Waals surface area contributed by atoms with E-state index >= 15 is 0 Å². The van der Waals surface area contributed by atoms with E-state index in [1.54, 1.807) is 0 Å². The smallest absolute Gasteiger partial charge is 0.310 e. The average Bonchev–Trinajstić information content (AvgIpc) is 2.39. The van der Waals surface area contributed by atoms with Gasteiger partial charge in [0.15, 0.2) is 5.75 Å². The van der Waals surface area contributed by atoms with Crippen molar-refractivity contribution >= 4 is 12.0 Å². The summed E-state index contributed by atoms with van der Waals surface area (Å²) in [6.07, 6.45) is 2.56. The van der Waals surface area contributed by atoms with Crippen LogP contribution in [0, 0.1) is 16.0 Å². The second-order valence-electron chi connectivity index (χ2n) is 4.10. The molecule has 0 aromatic heterocycles. The highest BCUT2D eigenvalue weighted by atomic mass is 16.6. The topological polar surface area (TPSA) is 69.4 Å². The summed E-state index contributed by atoms with van der Waals surface area (Å²) in [4.78, 5) is 21.0. The van der Waals surface area contributed by atoms with Gasteiger partial charge >= 0.3 is 5.69 Å². The molecule has 0 heterocycles. The Kier molecular flexibility index (Phi) is 5.30. The van der Waals surface area contributed by atoms with Gasteiger partial charge in [-0.2, -0.15) is 0 Å². The van der Waals surface area contributed by atoms with Gasteiger partial charge in [-0.1, -0.05) is 26.7 Å². The zero-order chi connectivity index (χ0) is 13.5. The first-order valence-corrected chi connectivity index (χ1v) is 5.98. The number of carbonyl (C=O) groups is 1. The van der Waals surface area contributed by atoms with Crippen molar-refractivity contribution in [2.24, 2.45) is 5.92 Å². The Morgan fingerprint density at radius 2 is 2.06 bits per heavy atom. The van der Waals surface area contributed by atoms with Crippen molar-refractivity contribution in [3.05, 3.63) is 33.9 Å². The van der Waals surface area contributed by atoms with Crippen LogP contribution in [-0.2, 0) is 0 Å². The van der Waals surface area contributed by atoms with Gasteiger partial charge in [-0.15, -0.1) is 0 Å². The number of rotatable bonds is 7. The molecule has 1 aromatic carbocycles. The maximum atomic E-state index is 10.8. The van der Waals surface area contributed by atoms with Crippen LogP contribution in [0.4, 0.5) is 5.69 Å². The minimum Gasteiger partial charge on any atom is -0.487 e.